The topological polar surface area (TPSA) is 66.6 Å². The largest absolute Gasteiger partial charge is 0.393 e. The highest BCUT2D eigenvalue weighted by atomic mass is 16.6. The standard InChI is InChI=1S/C13H18N2O3/c1-9-3-4-12(13(7-9)15(17)18)14-6-5-11(8-14)10(2)16/h3-4,7,10-11,16H,5-6,8H2,1-2H3. The van der Waals surface area contributed by atoms with Crippen LogP contribution in [0.5, 0.6) is 0 Å². The molecule has 1 aliphatic rings. The first-order valence-electron chi connectivity index (χ1n) is 6.17. The first-order valence-corrected chi connectivity index (χ1v) is 6.17. The van der Waals surface area contributed by atoms with Gasteiger partial charge in [0.05, 0.1) is 11.0 Å². The Labute approximate surface area is 106 Å². The quantitative estimate of drug-likeness (QED) is 0.659. The molecular weight excluding hydrogens is 232 g/mol. The summed E-state index contributed by atoms with van der Waals surface area (Å²) in [5.74, 6) is 0.200. The van der Waals surface area contributed by atoms with Crippen molar-refractivity contribution in [2.45, 2.75) is 26.4 Å². The van der Waals surface area contributed by atoms with E-state index in [-0.39, 0.29) is 22.6 Å². The van der Waals surface area contributed by atoms with E-state index in [2.05, 4.69) is 0 Å². The van der Waals surface area contributed by atoms with E-state index in [1.165, 1.54) is 0 Å². The van der Waals surface area contributed by atoms with Crippen molar-refractivity contribution >= 4 is 11.4 Å². The van der Waals surface area contributed by atoms with Crippen LogP contribution >= 0.6 is 0 Å². The van der Waals surface area contributed by atoms with Crippen LogP contribution in [0.25, 0.3) is 0 Å². The van der Waals surface area contributed by atoms with E-state index in [1.807, 2.05) is 17.9 Å². The van der Waals surface area contributed by atoms with Crippen LogP contribution in [0.3, 0.4) is 0 Å². The second kappa shape index (κ2) is 4.94. The summed E-state index contributed by atoms with van der Waals surface area (Å²) in [6.45, 7) is 5.07. The maximum Gasteiger partial charge on any atom is 0.292 e. The molecule has 0 bridgehead atoms. The summed E-state index contributed by atoms with van der Waals surface area (Å²) in [6, 6.07) is 5.29. The van der Waals surface area contributed by atoms with E-state index in [1.54, 1.807) is 19.1 Å². The number of nitro benzene ring substituents is 1. The monoisotopic (exact) mass is 250 g/mol. The second-order valence-corrected chi connectivity index (χ2v) is 4.98. The molecule has 1 fully saturated rings. The van der Waals surface area contributed by atoms with Gasteiger partial charge in [0.1, 0.15) is 5.69 Å². The van der Waals surface area contributed by atoms with Gasteiger partial charge in [-0.1, -0.05) is 6.07 Å². The third-order valence-electron chi connectivity index (χ3n) is 3.58. The van der Waals surface area contributed by atoms with E-state index in [9.17, 15) is 15.2 Å². The fraction of sp³-hybridized carbons (Fsp3) is 0.538. The molecule has 1 aliphatic heterocycles. The highest BCUT2D eigenvalue weighted by Gasteiger charge is 2.29. The van der Waals surface area contributed by atoms with Crippen LogP contribution in [0.4, 0.5) is 11.4 Å². The minimum Gasteiger partial charge on any atom is -0.393 e. The van der Waals surface area contributed by atoms with Gasteiger partial charge in [-0.05, 0) is 31.9 Å². The van der Waals surface area contributed by atoms with Crippen LogP contribution < -0.4 is 4.90 Å². The Hall–Kier alpha value is -1.62. The first kappa shape index (κ1) is 12.8. The highest BCUT2D eigenvalue weighted by Crippen LogP contribution is 2.33. The van der Waals surface area contributed by atoms with Crippen LogP contribution in [-0.4, -0.2) is 29.2 Å². The van der Waals surface area contributed by atoms with Crippen molar-refractivity contribution in [2.24, 2.45) is 5.92 Å². The number of hydrogen-bond acceptors (Lipinski definition) is 4. The minimum absolute atomic E-state index is 0.154. The summed E-state index contributed by atoms with van der Waals surface area (Å²) < 4.78 is 0. The molecule has 1 aromatic rings. The van der Waals surface area contributed by atoms with E-state index >= 15 is 0 Å². The van der Waals surface area contributed by atoms with Crippen LogP contribution in [0.15, 0.2) is 18.2 Å². The van der Waals surface area contributed by atoms with Gasteiger partial charge in [0.2, 0.25) is 0 Å². The van der Waals surface area contributed by atoms with Gasteiger partial charge in [-0.25, -0.2) is 0 Å². The Balaban J connectivity index is 2.27. The average molecular weight is 250 g/mol. The number of aryl methyl sites for hydroxylation is 1. The lowest BCUT2D eigenvalue weighted by molar-refractivity contribution is -0.384. The van der Waals surface area contributed by atoms with Gasteiger partial charge in [-0.15, -0.1) is 0 Å². The van der Waals surface area contributed by atoms with E-state index in [4.69, 9.17) is 0 Å². The molecule has 1 saturated heterocycles. The Morgan fingerprint density at radius 3 is 2.83 bits per heavy atom. The highest BCUT2D eigenvalue weighted by molar-refractivity contribution is 5.64. The van der Waals surface area contributed by atoms with Gasteiger partial charge in [-0.2, -0.15) is 0 Å². The number of aliphatic hydroxyl groups excluding tert-OH is 1. The van der Waals surface area contributed by atoms with Gasteiger partial charge in [0, 0.05) is 25.1 Å². The Morgan fingerprint density at radius 2 is 2.28 bits per heavy atom. The SMILES string of the molecule is Cc1ccc(N2CCC(C(C)O)C2)c([N+](=O)[O-])c1. The Morgan fingerprint density at radius 1 is 1.56 bits per heavy atom. The van der Waals surface area contributed by atoms with Crippen molar-refractivity contribution in [3.8, 4) is 0 Å². The summed E-state index contributed by atoms with van der Waals surface area (Å²) in [4.78, 5) is 12.7. The summed E-state index contributed by atoms with van der Waals surface area (Å²) in [5, 5.41) is 20.7. The van der Waals surface area contributed by atoms with Gasteiger partial charge >= 0.3 is 0 Å². The molecule has 0 radical (unpaired) electrons. The van der Waals surface area contributed by atoms with Crippen LogP contribution in [0.1, 0.15) is 18.9 Å². The number of anilines is 1. The molecule has 2 atom stereocenters. The smallest absolute Gasteiger partial charge is 0.292 e. The van der Waals surface area contributed by atoms with Crippen molar-refractivity contribution in [3.63, 3.8) is 0 Å². The van der Waals surface area contributed by atoms with Crippen molar-refractivity contribution in [1.29, 1.82) is 0 Å². The van der Waals surface area contributed by atoms with E-state index in [0.717, 1.165) is 18.5 Å². The zero-order valence-corrected chi connectivity index (χ0v) is 10.7. The van der Waals surface area contributed by atoms with Gasteiger partial charge in [0.25, 0.3) is 5.69 Å². The van der Waals surface area contributed by atoms with Crippen molar-refractivity contribution in [2.75, 3.05) is 18.0 Å². The molecule has 0 spiro atoms. The number of benzene rings is 1. The number of rotatable bonds is 3. The zero-order chi connectivity index (χ0) is 13.3. The molecule has 98 valence electrons. The molecule has 2 unspecified atom stereocenters. The predicted octanol–water partition coefficient (Wildman–Crippen LogP) is 2.11. The normalized spacial score (nSPS) is 21.1. The van der Waals surface area contributed by atoms with Crippen molar-refractivity contribution in [3.05, 3.63) is 33.9 Å². The molecule has 5 nitrogen and oxygen atoms in total. The summed E-state index contributed by atoms with van der Waals surface area (Å²) in [7, 11) is 0. The molecular formula is C13H18N2O3. The zero-order valence-electron chi connectivity index (χ0n) is 10.7. The molecule has 0 aromatic heterocycles. The molecule has 0 saturated carbocycles. The Bertz CT molecular complexity index is 460. The summed E-state index contributed by atoms with van der Waals surface area (Å²) in [5.41, 5.74) is 1.70. The molecule has 0 amide bonds. The minimum atomic E-state index is -0.362. The lowest BCUT2D eigenvalue weighted by Crippen LogP contribution is -2.24. The van der Waals surface area contributed by atoms with Crippen LogP contribution in [0, 0.1) is 23.0 Å². The Kier molecular flexibility index (Phi) is 3.52. The summed E-state index contributed by atoms with van der Waals surface area (Å²) >= 11 is 0. The van der Waals surface area contributed by atoms with E-state index in [0.29, 0.717) is 12.2 Å². The molecule has 1 heterocycles. The van der Waals surface area contributed by atoms with Gasteiger partial charge < -0.3 is 10.0 Å². The third-order valence-corrected chi connectivity index (χ3v) is 3.58. The number of nitro groups is 1. The van der Waals surface area contributed by atoms with Crippen molar-refractivity contribution in [1.82, 2.24) is 0 Å². The molecule has 5 heteroatoms. The number of nitrogens with zero attached hydrogens (tertiary/aromatic N) is 2. The van der Waals surface area contributed by atoms with E-state index < -0.39 is 0 Å². The molecule has 18 heavy (non-hydrogen) atoms. The third kappa shape index (κ3) is 2.46. The predicted molar refractivity (Wildman–Crippen MR) is 69.8 cm³/mol. The second-order valence-electron chi connectivity index (χ2n) is 4.98. The molecule has 1 aromatic carbocycles. The lowest BCUT2D eigenvalue weighted by atomic mass is 10.0. The van der Waals surface area contributed by atoms with Gasteiger partial charge in [0.15, 0.2) is 0 Å². The lowest BCUT2D eigenvalue weighted by Gasteiger charge is -2.19. The number of hydrogen-bond donors (Lipinski definition) is 1. The number of aliphatic hydroxyl groups is 1. The molecule has 2 rings (SSSR count). The first-order chi connectivity index (χ1) is 8.49. The average Bonchev–Trinajstić information content (AvgIpc) is 2.78. The fourth-order valence-corrected chi connectivity index (χ4v) is 2.45. The van der Waals surface area contributed by atoms with Crippen molar-refractivity contribution < 1.29 is 10.0 Å². The maximum atomic E-state index is 11.1. The van der Waals surface area contributed by atoms with Crippen LogP contribution in [0.2, 0.25) is 0 Å². The maximum absolute atomic E-state index is 11.1. The molecule has 0 aliphatic carbocycles. The van der Waals surface area contributed by atoms with Gasteiger partial charge in [-0.3, -0.25) is 10.1 Å². The fourth-order valence-electron chi connectivity index (χ4n) is 2.45. The summed E-state index contributed by atoms with van der Waals surface area (Å²) in [6.07, 6.45) is 0.516. The van der Waals surface area contributed by atoms with Crippen LogP contribution in [-0.2, 0) is 0 Å². The molecule has 1 N–H and O–H groups in total.